The standard InChI is InChI=1S/C22H32O3/c1-20-9-5-15(23)13-14(20)3-4-16-17(20)6-10-21(2)18(16)7-11-22(21)12-8-19(24)25-22/h3,15-18,23H,4-13H2,1-2H3/t15?,16?,17?,18?,20-,21-,22?/m0/s1. The highest BCUT2D eigenvalue weighted by Gasteiger charge is 2.66. The van der Waals surface area contributed by atoms with Crippen molar-refractivity contribution in [3.63, 3.8) is 0 Å². The smallest absolute Gasteiger partial charge is 0.306 e. The minimum absolute atomic E-state index is 0.0306. The van der Waals surface area contributed by atoms with Crippen LogP contribution in [-0.2, 0) is 9.53 Å². The van der Waals surface area contributed by atoms with E-state index in [0.29, 0.717) is 17.8 Å². The first-order valence-electron chi connectivity index (χ1n) is 10.5. The van der Waals surface area contributed by atoms with Crippen LogP contribution >= 0.6 is 0 Å². The molecule has 0 aromatic carbocycles. The molecule has 0 radical (unpaired) electrons. The summed E-state index contributed by atoms with van der Waals surface area (Å²) < 4.78 is 6.02. The van der Waals surface area contributed by atoms with Crippen molar-refractivity contribution < 1.29 is 14.6 Å². The summed E-state index contributed by atoms with van der Waals surface area (Å²) >= 11 is 0. The number of hydrogen-bond donors (Lipinski definition) is 1. The van der Waals surface area contributed by atoms with Gasteiger partial charge < -0.3 is 9.84 Å². The van der Waals surface area contributed by atoms with Crippen LogP contribution in [0, 0.1) is 28.6 Å². The molecule has 1 N–H and O–H groups in total. The molecular weight excluding hydrogens is 312 g/mol. The van der Waals surface area contributed by atoms with E-state index in [4.69, 9.17) is 4.74 Å². The maximum atomic E-state index is 11.9. The minimum atomic E-state index is -0.159. The number of ether oxygens (including phenoxy) is 1. The fourth-order valence-electron chi connectivity index (χ4n) is 7.94. The highest BCUT2D eigenvalue weighted by Crippen LogP contribution is 2.69. The zero-order valence-corrected chi connectivity index (χ0v) is 15.7. The van der Waals surface area contributed by atoms with Crippen molar-refractivity contribution >= 4 is 5.97 Å². The molecule has 0 aromatic rings. The van der Waals surface area contributed by atoms with E-state index in [0.717, 1.165) is 43.9 Å². The van der Waals surface area contributed by atoms with Crippen molar-refractivity contribution in [2.75, 3.05) is 0 Å². The number of carbonyl (C=O) groups is 1. The zero-order valence-electron chi connectivity index (χ0n) is 15.7. The second kappa shape index (κ2) is 5.12. The third-order valence-electron chi connectivity index (χ3n) is 9.41. The lowest BCUT2D eigenvalue weighted by atomic mass is 9.47. The fourth-order valence-corrected chi connectivity index (χ4v) is 7.94. The molecular formula is C22H32O3. The van der Waals surface area contributed by atoms with Crippen molar-refractivity contribution in [2.24, 2.45) is 28.6 Å². The number of hydrogen-bond acceptors (Lipinski definition) is 3. The second-order valence-electron chi connectivity index (χ2n) is 10.1. The van der Waals surface area contributed by atoms with E-state index in [-0.39, 0.29) is 23.1 Å². The van der Waals surface area contributed by atoms with Crippen LogP contribution in [0.4, 0.5) is 0 Å². The monoisotopic (exact) mass is 344 g/mol. The van der Waals surface area contributed by atoms with Gasteiger partial charge in [0.15, 0.2) is 0 Å². The molecule has 4 aliphatic carbocycles. The van der Waals surface area contributed by atoms with Crippen LogP contribution in [0.5, 0.6) is 0 Å². The van der Waals surface area contributed by atoms with E-state index in [1.54, 1.807) is 0 Å². The predicted molar refractivity (Wildman–Crippen MR) is 95.8 cm³/mol. The topological polar surface area (TPSA) is 46.5 Å². The van der Waals surface area contributed by atoms with Crippen LogP contribution in [-0.4, -0.2) is 22.8 Å². The summed E-state index contributed by atoms with van der Waals surface area (Å²) in [5.74, 6) is 2.22. The molecule has 0 bridgehead atoms. The van der Waals surface area contributed by atoms with Crippen molar-refractivity contribution in [3.05, 3.63) is 11.6 Å². The molecule has 4 fully saturated rings. The average molecular weight is 344 g/mol. The third kappa shape index (κ3) is 1.99. The molecule has 3 heteroatoms. The summed E-state index contributed by atoms with van der Waals surface area (Å²) in [7, 11) is 0. The summed E-state index contributed by atoms with van der Waals surface area (Å²) in [6.07, 6.45) is 12.9. The average Bonchev–Trinajstić information content (AvgIpc) is 3.10. The van der Waals surface area contributed by atoms with Gasteiger partial charge in [0.2, 0.25) is 0 Å². The van der Waals surface area contributed by atoms with Gasteiger partial charge in [-0.1, -0.05) is 25.5 Å². The van der Waals surface area contributed by atoms with E-state index in [9.17, 15) is 9.90 Å². The quantitative estimate of drug-likeness (QED) is 0.524. The lowest BCUT2D eigenvalue weighted by molar-refractivity contribution is -0.167. The second-order valence-corrected chi connectivity index (χ2v) is 10.1. The molecule has 7 atom stereocenters. The number of esters is 1. The number of carbonyl (C=O) groups excluding carboxylic acids is 1. The molecule has 25 heavy (non-hydrogen) atoms. The molecule has 3 saturated carbocycles. The van der Waals surface area contributed by atoms with Gasteiger partial charge in [-0.2, -0.15) is 0 Å². The summed E-state index contributed by atoms with van der Waals surface area (Å²) in [4.78, 5) is 11.9. The fraction of sp³-hybridized carbons (Fsp3) is 0.864. The molecule has 1 spiro atoms. The van der Waals surface area contributed by atoms with Crippen LogP contribution in [0.3, 0.4) is 0 Å². The van der Waals surface area contributed by atoms with Gasteiger partial charge in [-0.3, -0.25) is 4.79 Å². The van der Waals surface area contributed by atoms with Crippen LogP contribution in [0.25, 0.3) is 0 Å². The van der Waals surface area contributed by atoms with Crippen molar-refractivity contribution in [1.29, 1.82) is 0 Å². The van der Waals surface area contributed by atoms with Crippen LogP contribution < -0.4 is 0 Å². The van der Waals surface area contributed by atoms with E-state index in [1.807, 2.05) is 0 Å². The van der Waals surface area contributed by atoms with Crippen molar-refractivity contribution in [2.45, 2.75) is 89.8 Å². The Hall–Kier alpha value is -0.830. The molecule has 5 aliphatic rings. The number of aliphatic hydroxyl groups excluding tert-OH is 1. The van der Waals surface area contributed by atoms with Gasteiger partial charge >= 0.3 is 5.97 Å². The van der Waals surface area contributed by atoms with Gasteiger partial charge in [0, 0.05) is 11.8 Å². The number of rotatable bonds is 0. The largest absolute Gasteiger partial charge is 0.458 e. The normalized spacial score (nSPS) is 54.5. The maximum absolute atomic E-state index is 11.9. The van der Waals surface area contributed by atoms with E-state index >= 15 is 0 Å². The Bertz CT molecular complexity index is 639. The highest BCUT2D eigenvalue weighted by atomic mass is 16.6. The Morgan fingerprint density at radius 3 is 2.64 bits per heavy atom. The van der Waals surface area contributed by atoms with Crippen LogP contribution in [0.2, 0.25) is 0 Å². The van der Waals surface area contributed by atoms with Gasteiger partial charge in [-0.05, 0) is 81.0 Å². The summed E-state index contributed by atoms with van der Waals surface area (Å²) in [6.45, 7) is 4.91. The number of aliphatic hydroxyl groups is 1. The Morgan fingerprint density at radius 1 is 1.08 bits per heavy atom. The highest BCUT2D eigenvalue weighted by molar-refractivity contribution is 5.72. The molecule has 1 heterocycles. The number of allylic oxidation sites excluding steroid dienone is 1. The molecule has 0 aromatic heterocycles. The molecule has 1 aliphatic heterocycles. The van der Waals surface area contributed by atoms with Crippen molar-refractivity contribution in [1.82, 2.24) is 0 Å². The van der Waals surface area contributed by atoms with E-state index in [1.165, 1.54) is 31.3 Å². The summed E-state index contributed by atoms with van der Waals surface area (Å²) in [5.41, 5.74) is 1.85. The predicted octanol–water partition coefficient (Wildman–Crippen LogP) is 4.39. The van der Waals surface area contributed by atoms with Crippen LogP contribution in [0.15, 0.2) is 11.6 Å². The molecule has 3 nitrogen and oxygen atoms in total. The lowest BCUT2D eigenvalue weighted by Crippen LogP contribution is -2.54. The molecule has 5 rings (SSSR count). The lowest BCUT2D eigenvalue weighted by Gasteiger charge is -2.59. The summed E-state index contributed by atoms with van der Waals surface area (Å²) in [6, 6.07) is 0. The molecule has 138 valence electrons. The first kappa shape index (κ1) is 16.4. The third-order valence-corrected chi connectivity index (χ3v) is 9.41. The molecule has 5 unspecified atom stereocenters. The molecule has 1 saturated heterocycles. The van der Waals surface area contributed by atoms with Crippen molar-refractivity contribution in [3.8, 4) is 0 Å². The maximum Gasteiger partial charge on any atom is 0.306 e. The zero-order chi connectivity index (χ0) is 17.4. The Labute approximate surface area is 151 Å². The van der Waals surface area contributed by atoms with E-state index < -0.39 is 0 Å². The molecule has 0 amide bonds. The first-order chi connectivity index (χ1) is 11.9. The number of fused-ring (bicyclic) bond motifs is 6. The van der Waals surface area contributed by atoms with Gasteiger partial charge in [0.1, 0.15) is 5.60 Å². The van der Waals surface area contributed by atoms with Crippen LogP contribution in [0.1, 0.15) is 78.1 Å². The van der Waals surface area contributed by atoms with E-state index in [2.05, 4.69) is 19.9 Å². The first-order valence-corrected chi connectivity index (χ1v) is 10.5. The van der Waals surface area contributed by atoms with Gasteiger partial charge in [-0.15, -0.1) is 0 Å². The summed E-state index contributed by atoms with van der Waals surface area (Å²) in [5, 5.41) is 10.1. The van der Waals surface area contributed by atoms with Gasteiger partial charge in [-0.25, -0.2) is 0 Å². The van der Waals surface area contributed by atoms with Gasteiger partial charge in [0.25, 0.3) is 0 Å². The Balaban J connectivity index is 1.49. The Kier molecular flexibility index (Phi) is 3.35. The Morgan fingerprint density at radius 2 is 1.88 bits per heavy atom. The van der Waals surface area contributed by atoms with Gasteiger partial charge in [0.05, 0.1) is 6.10 Å². The minimum Gasteiger partial charge on any atom is -0.458 e. The SMILES string of the molecule is C[C@]12CCC(O)CC1=CCC1C2CC[C@@]2(C)C1CCC21CCC(=O)O1.